The van der Waals surface area contributed by atoms with Gasteiger partial charge in [0.05, 0.1) is 13.0 Å². The molecular weight excluding hydrogens is 286 g/mol. The van der Waals surface area contributed by atoms with E-state index in [2.05, 4.69) is 5.32 Å². The Labute approximate surface area is 129 Å². The average Bonchev–Trinajstić information content (AvgIpc) is 3.22. The number of hydrogen-bond acceptors (Lipinski definition) is 3. The van der Waals surface area contributed by atoms with Crippen molar-refractivity contribution < 1.29 is 9.59 Å². The Hall–Kier alpha value is -1.95. The highest BCUT2D eigenvalue weighted by molar-refractivity contribution is 7.80. The Morgan fingerprint density at radius 3 is 2.48 bits per heavy atom. The second-order valence-electron chi connectivity index (χ2n) is 5.33. The van der Waals surface area contributed by atoms with Crippen LogP contribution in [0.1, 0.15) is 24.0 Å². The molecule has 0 unspecified atom stereocenters. The normalized spacial score (nSPS) is 13.6. The Kier molecular flexibility index (Phi) is 4.90. The summed E-state index contributed by atoms with van der Waals surface area (Å²) in [5.74, 6) is -0.193. The van der Waals surface area contributed by atoms with E-state index in [-0.39, 0.29) is 24.8 Å². The lowest BCUT2D eigenvalue weighted by atomic mass is 10.1. The number of carbonyl (C=O) groups excluding carboxylic acids is 2. The van der Waals surface area contributed by atoms with E-state index < -0.39 is 0 Å². The molecule has 5 nitrogen and oxygen atoms in total. The molecule has 2 amide bonds. The maximum atomic E-state index is 12.1. The minimum Gasteiger partial charge on any atom is -0.389 e. The van der Waals surface area contributed by atoms with E-state index in [0.717, 1.165) is 24.0 Å². The van der Waals surface area contributed by atoms with Crippen LogP contribution in [0, 0.1) is 0 Å². The molecule has 0 aliphatic heterocycles. The summed E-state index contributed by atoms with van der Waals surface area (Å²) in [5.41, 5.74) is 7.17. The summed E-state index contributed by atoms with van der Waals surface area (Å²) in [5, 5.41) is 2.86. The van der Waals surface area contributed by atoms with Crippen LogP contribution in [-0.2, 0) is 16.0 Å². The molecule has 1 saturated carbocycles. The first-order valence-corrected chi connectivity index (χ1v) is 7.28. The molecule has 0 saturated heterocycles. The summed E-state index contributed by atoms with van der Waals surface area (Å²) in [6.07, 6.45) is 2.34. The van der Waals surface area contributed by atoms with Crippen LogP contribution in [0.3, 0.4) is 0 Å². The molecule has 6 heteroatoms. The van der Waals surface area contributed by atoms with Crippen LogP contribution in [0.5, 0.6) is 0 Å². The largest absolute Gasteiger partial charge is 0.389 e. The molecule has 112 valence electrons. The van der Waals surface area contributed by atoms with E-state index in [0.29, 0.717) is 11.0 Å². The molecule has 0 heterocycles. The molecule has 1 aliphatic rings. The van der Waals surface area contributed by atoms with Crippen LogP contribution in [-0.4, -0.2) is 41.3 Å². The molecule has 0 radical (unpaired) electrons. The number of benzene rings is 1. The van der Waals surface area contributed by atoms with Gasteiger partial charge in [-0.25, -0.2) is 0 Å². The third-order valence-corrected chi connectivity index (χ3v) is 3.58. The van der Waals surface area contributed by atoms with E-state index in [4.69, 9.17) is 18.0 Å². The van der Waals surface area contributed by atoms with Gasteiger partial charge in [0.1, 0.15) is 4.99 Å². The molecule has 21 heavy (non-hydrogen) atoms. The number of nitrogens with two attached hydrogens (primary N) is 1. The van der Waals surface area contributed by atoms with Crippen molar-refractivity contribution in [3.8, 4) is 0 Å². The molecule has 1 aromatic carbocycles. The number of amides is 2. The number of rotatable bonds is 6. The molecule has 0 aromatic heterocycles. The van der Waals surface area contributed by atoms with Gasteiger partial charge in [-0.05, 0) is 18.4 Å². The first-order chi connectivity index (χ1) is 9.95. The van der Waals surface area contributed by atoms with Crippen LogP contribution >= 0.6 is 12.2 Å². The maximum Gasteiger partial charge on any atom is 0.239 e. The third-order valence-electron chi connectivity index (χ3n) is 3.34. The van der Waals surface area contributed by atoms with E-state index in [9.17, 15) is 9.59 Å². The summed E-state index contributed by atoms with van der Waals surface area (Å²) in [6, 6.07) is 7.55. The summed E-state index contributed by atoms with van der Waals surface area (Å²) >= 11 is 4.88. The van der Waals surface area contributed by atoms with Crippen LogP contribution in [0.15, 0.2) is 24.3 Å². The quantitative estimate of drug-likeness (QED) is 0.755. The third kappa shape index (κ3) is 4.82. The van der Waals surface area contributed by atoms with E-state index in [1.165, 1.54) is 4.90 Å². The van der Waals surface area contributed by atoms with Gasteiger partial charge in [-0.3, -0.25) is 9.59 Å². The van der Waals surface area contributed by atoms with Crippen LogP contribution in [0.4, 0.5) is 0 Å². The van der Waals surface area contributed by atoms with Gasteiger partial charge in [-0.2, -0.15) is 0 Å². The fourth-order valence-electron chi connectivity index (χ4n) is 1.90. The fraction of sp³-hybridized carbons (Fsp3) is 0.400. The number of likely N-dealkylation sites (N-methyl/N-ethyl adjacent to an activating group) is 1. The zero-order valence-electron chi connectivity index (χ0n) is 12.0. The average molecular weight is 305 g/mol. The lowest BCUT2D eigenvalue weighted by Crippen LogP contribution is -2.39. The van der Waals surface area contributed by atoms with Gasteiger partial charge in [-0.15, -0.1) is 0 Å². The standard InChI is InChI=1S/C15H19N3O2S/c1-18(9-13(19)17-12-6-7-12)14(20)8-10-2-4-11(5-3-10)15(16)21/h2-5,12H,6-9H2,1H3,(H2,16,21)(H,17,19). The summed E-state index contributed by atoms with van der Waals surface area (Å²) in [4.78, 5) is 25.5. The smallest absolute Gasteiger partial charge is 0.239 e. The topological polar surface area (TPSA) is 75.4 Å². The SMILES string of the molecule is CN(CC(=O)NC1CC1)C(=O)Cc1ccc(C(N)=S)cc1. The Morgan fingerprint density at radius 2 is 1.95 bits per heavy atom. The number of thiocarbonyl (C=S) groups is 1. The molecule has 0 spiro atoms. The monoisotopic (exact) mass is 305 g/mol. The lowest BCUT2D eigenvalue weighted by Gasteiger charge is -2.16. The Morgan fingerprint density at radius 1 is 1.33 bits per heavy atom. The minimum atomic E-state index is -0.0998. The first kappa shape index (κ1) is 15.4. The maximum absolute atomic E-state index is 12.1. The highest BCUT2D eigenvalue weighted by Crippen LogP contribution is 2.18. The molecule has 2 rings (SSSR count). The molecule has 0 atom stereocenters. The highest BCUT2D eigenvalue weighted by atomic mass is 32.1. The van der Waals surface area contributed by atoms with Gasteiger partial charge in [0.15, 0.2) is 0 Å². The van der Waals surface area contributed by atoms with E-state index in [1.807, 2.05) is 12.1 Å². The second-order valence-corrected chi connectivity index (χ2v) is 5.77. The number of nitrogens with one attached hydrogen (secondary N) is 1. The highest BCUT2D eigenvalue weighted by Gasteiger charge is 2.24. The van der Waals surface area contributed by atoms with Crippen molar-refractivity contribution in [3.05, 3.63) is 35.4 Å². The van der Waals surface area contributed by atoms with Crippen LogP contribution in [0.2, 0.25) is 0 Å². The number of hydrogen-bond donors (Lipinski definition) is 2. The Balaban J connectivity index is 1.84. The molecule has 3 N–H and O–H groups in total. The lowest BCUT2D eigenvalue weighted by molar-refractivity contribution is -0.134. The zero-order valence-corrected chi connectivity index (χ0v) is 12.8. The van der Waals surface area contributed by atoms with Gasteiger partial charge in [0.2, 0.25) is 11.8 Å². The van der Waals surface area contributed by atoms with Crippen molar-refractivity contribution in [2.45, 2.75) is 25.3 Å². The molecule has 0 bridgehead atoms. The van der Waals surface area contributed by atoms with Gasteiger partial charge < -0.3 is 16.0 Å². The molecule has 1 aromatic rings. The van der Waals surface area contributed by atoms with E-state index in [1.54, 1.807) is 19.2 Å². The van der Waals surface area contributed by atoms with Crippen molar-refractivity contribution in [1.29, 1.82) is 0 Å². The first-order valence-electron chi connectivity index (χ1n) is 6.88. The molecule has 1 fully saturated rings. The van der Waals surface area contributed by atoms with E-state index >= 15 is 0 Å². The van der Waals surface area contributed by atoms with Gasteiger partial charge in [0.25, 0.3) is 0 Å². The predicted molar refractivity (Wildman–Crippen MR) is 84.8 cm³/mol. The van der Waals surface area contributed by atoms with Crippen LogP contribution < -0.4 is 11.1 Å². The van der Waals surface area contributed by atoms with Gasteiger partial charge in [0, 0.05) is 18.7 Å². The Bertz CT molecular complexity index is 553. The van der Waals surface area contributed by atoms with Crippen molar-refractivity contribution in [2.75, 3.05) is 13.6 Å². The fourth-order valence-corrected chi connectivity index (χ4v) is 2.04. The second kappa shape index (κ2) is 6.67. The summed E-state index contributed by atoms with van der Waals surface area (Å²) in [7, 11) is 1.64. The van der Waals surface area contributed by atoms with Crippen molar-refractivity contribution in [1.82, 2.24) is 10.2 Å². The summed E-state index contributed by atoms with van der Waals surface area (Å²) in [6.45, 7) is 0.0975. The number of nitrogens with zero attached hydrogens (tertiary/aromatic N) is 1. The predicted octanol–water partition coefficient (Wildman–Crippen LogP) is 0.600. The van der Waals surface area contributed by atoms with Crippen molar-refractivity contribution in [3.63, 3.8) is 0 Å². The van der Waals surface area contributed by atoms with Gasteiger partial charge >= 0.3 is 0 Å². The number of carbonyl (C=O) groups is 2. The van der Waals surface area contributed by atoms with Crippen molar-refractivity contribution >= 4 is 29.0 Å². The summed E-state index contributed by atoms with van der Waals surface area (Å²) < 4.78 is 0. The molecular formula is C15H19N3O2S. The van der Waals surface area contributed by atoms with Crippen molar-refractivity contribution in [2.24, 2.45) is 5.73 Å². The molecule has 1 aliphatic carbocycles. The van der Waals surface area contributed by atoms with Gasteiger partial charge in [-0.1, -0.05) is 36.5 Å². The van der Waals surface area contributed by atoms with Crippen LogP contribution in [0.25, 0.3) is 0 Å². The zero-order chi connectivity index (χ0) is 15.4. The minimum absolute atomic E-state index is 0.0935.